The highest BCUT2D eigenvalue weighted by Gasteiger charge is 2.39. The Hall–Kier alpha value is -1.39. The van der Waals surface area contributed by atoms with E-state index in [0.29, 0.717) is 13.2 Å². The number of carbonyl (C=O) groups is 1. The third-order valence-corrected chi connectivity index (χ3v) is 3.89. The van der Waals surface area contributed by atoms with Crippen molar-refractivity contribution in [3.8, 4) is 0 Å². The number of nitrogens with two attached hydrogens (primary N) is 1. The van der Waals surface area contributed by atoms with Crippen LogP contribution in [0.2, 0.25) is 0 Å². The highest BCUT2D eigenvalue weighted by molar-refractivity contribution is 5.98. The van der Waals surface area contributed by atoms with Crippen molar-refractivity contribution in [2.45, 2.75) is 25.4 Å². The van der Waals surface area contributed by atoms with Crippen molar-refractivity contribution in [3.63, 3.8) is 0 Å². The van der Waals surface area contributed by atoms with Crippen molar-refractivity contribution >= 4 is 11.6 Å². The van der Waals surface area contributed by atoms with Gasteiger partial charge in [0.25, 0.3) is 0 Å². The smallest absolute Gasteiger partial charge is 0.234 e. The predicted molar refractivity (Wildman–Crippen MR) is 69.4 cm³/mol. The van der Waals surface area contributed by atoms with Crippen LogP contribution in [0.15, 0.2) is 24.3 Å². The number of fused-ring (bicyclic) bond motifs is 1. The van der Waals surface area contributed by atoms with E-state index in [9.17, 15) is 4.79 Å². The lowest BCUT2D eigenvalue weighted by Crippen LogP contribution is -2.46. The number of hydrogen-bond donors (Lipinski definition) is 1. The summed E-state index contributed by atoms with van der Waals surface area (Å²) in [7, 11) is 0. The molecule has 1 amide bonds. The summed E-state index contributed by atoms with van der Waals surface area (Å²) in [6, 6.07) is 8.13. The summed E-state index contributed by atoms with van der Waals surface area (Å²) in [5, 5.41) is 0. The number of anilines is 1. The maximum absolute atomic E-state index is 12.6. The number of para-hydroxylation sites is 1. The molecule has 0 aliphatic carbocycles. The standard InChI is InChI=1S/C14H18N2O2/c1-9-6-10-4-2-3-5-13(10)16(9)14(17)11-7-18-8-12(11)15/h2-5,9,11-12H,6-8,15H2,1H3. The first-order chi connectivity index (χ1) is 8.68. The van der Waals surface area contributed by atoms with E-state index in [1.54, 1.807) is 0 Å². The molecular formula is C14H18N2O2. The molecule has 2 heterocycles. The molecule has 18 heavy (non-hydrogen) atoms. The van der Waals surface area contributed by atoms with Crippen LogP contribution >= 0.6 is 0 Å². The largest absolute Gasteiger partial charge is 0.379 e. The van der Waals surface area contributed by atoms with Gasteiger partial charge in [0.2, 0.25) is 5.91 Å². The third-order valence-electron chi connectivity index (χ3n) is 3.89. The number of ether oxygens (including phenoxy) is 1. The average molecular weight is 246 g/mol. The molecule has 4 nitrogen and oxygen atoms in total. The van der Waals surface area contributed by atoms with Gasteiger partial charge in [0.05, 0.1) is 19.1 Å². The van der Waals surface area contributed by atoms with E-state index in [2.05, 4.69) is 13.0 Å². The molecular weight excluding hydrogens is 228 g/mol. The molecule has 2 aliphatic rings. The summed E-state index contributed by atoms with van der Waals surface area (Å²) in [4.78, 5) is 14.5. The fourth-order valence-electron chi connectivity index (χ4n) is 2.91. The van der Waals surface area contributed by atoms with Crippen LogP contribution < -0.4 is 10.6 Å². The van der Waals surface area contributed by atoms with Crippen molar-refractivity contribution in [1.82, 2.24) is 0 Å². The molecule has 0 radical (unpaired) electrons. The second kappa shape index (κ2) is 4.37. The minimum Gasteiger partial charge on any atom is -0.379 e. The van der Waals surface area contributed by atoms with Gasteiger partial charge in [-0.2, -0.15) is 0 Å². The Balaban J connectivity index is 1.90. The molecule has 2 N–H and O–H groups in total. The zero-order valence-corrected chi connectivity index (χ0v) is 10.5. The summed E-state index contributed by atoms with van der Waals surface area (Å²) in [5.74, 6) is -0.0870. The van der Waals surface area contributed by atoms with Gasteiger partial charge in [-0.3, -0.25) is 4.79 Å². The minimum absolute atomic E-state index is 0.109. The van der Waals surface area contributed by atoms with Crippen LogP contribution in [0.25, 0.3) is 0 Å². The van der Waals surface area contributed by atoms with E-state index in [1.807, 2.05) is 23.1 Å². The fourth-order valence-corrected chi connectivity index (χ4v) is 2.91. The topological polar surface area (TPSA) is 55.6 Å². The Labute approximate surface area is 107 Å². The second-order valence-corrected chi connectivity index (χ2v) is 5.20. The molecule has 3 unspecified atom stereocenters. The molecule has 3 rings (SSSR count). The summed E-state index contributed by atoms with van der Waals surface area (Å²) >= 11 is 0. The number of nitrogens with zero attached hydrogens (tertiary/aromatic N) is 1. The molecule has 1 aromatic carbocycles. The first-order valence-electron chi connectivity index (χ1n) is 6.43. The molecule has 4 heteroatoms. The molecule has 1 saturated heterocycles. The van der Waals surface area contributed by atoms with Crippen molar-refractivity contribution in [1.29, 1.82) is 0 Å². The van der Waals surface area contributed by atoms with Gasteiger partial charge in [-0.1, -0.05) is 18.2 Å². The lowest BCUT2D eigenvalue weighted by atomic mass is 10.0. The molecule has 96 valence electrons. The molecule has 1 fully saturated rings. The van der Waals surface area contributed by atoms with Crippen LogP contribution in [-0.4, -0.2) is 31.2 Å². The maximum Gasteiger partial charge on any atom is 0.234 e. The van der Waals surface area contributed by atoms with Crippen LogP contribution in [0, 0.1) is 5.92 Å². The highest BCUT2D eigenvalue weighted by Crippen LogP contribution is 2.33. The van der Waals surface area contributed by atoms with Gasteiger partial charge in [-0.15, -0.1) is 0 Å². The minimum atomic E-state index is -0.196. The lowest BCUT2D eigenvalue weighted by molar-refractivity contribution is -0.122. The number of amides is 1. The van der Waals surface area contributed by atoms with Gasteiger partial charge < -0.3 is 15.4 Å². The van der Waals surface area contributed by atoms with E-state index in [-0.39, 0.29) is 23.9 Å². The summed E-state index contributed by atoms with van der Waals surface area (Å²) in [6.07, 6.45) is 0.921. The molecule has 1 aromatic rings. The van der Waals surface area contributed by atoms with E-state index in [1.165, 1.54) is 5.56 Å². The number of benzene rings is 1. The Morgan fingerprint density at radius 2 is 2.17 bits per heavy atom. The quantitative estimate of drug-likeness (QED) is 0.802. The van der Waals surface area contributed by atoms with E-state index < -0.39 is 0 Å². The molecule has 0 bridgehead atoms. The van der Waals surface area contributed by atoms with Crippen molar-refractivity contribution in [2.24, 2.45) is 11.7 Å². The maximum atomic E-state index is 12.6. The van der Waals surface area contributed by atoms with Crippen LogP contribution in [0.3, 0.4) is 0 Å². The number of carbonyl (C=O) groups excluding carboxylic acids is 1. The van der Waals surface area contributed by atoms with Gasteiger partial charge in [0, 0.05) is 17.8 Å². The SMILES string of the molecule is CC1Cc2ccccc2N1C(=O)C1COCC1N. The Bertz CT molecular complexity index is 475. The molecule has 2 aliphatic heterocycles. The van der Waals surface area contributed by atoms with Gasteiger partial charge in [0.1, 0.15) is 0 Å². The molecule has 0 spiro atoms. The Morgan fingerprint density at radius 1 is 1.39 bits per heavy atom. The molecule has 0 aromatic heterocycles. The molecule has 3 atom stereocenters. The zero-order chi connectivity index (χ0) is 12.7. The van der Waals surface area contributed by atoms with E-state index in [4.69, 9.17) is 10.5 Å². The summed E-state index contributed by atoms with van der Waals surface area (Å²) < 4.78 is 5.30. The van der Waals surface area contributed by atoms with Crippen LogP contribution in [0.4, 0.5) is 5.69 Å². The van der Waals surface area contributed by atoms with E-state index >= 15 is 0 Å². The average Bonchev–Trinajstić information content (AvgIpc) is 2.91. The molecule has 0 saturated carbocycles. The number of hydrogen-bond acceptors (Lipinski definition) is 3. The monoisotopic (exact) mass is 246 g/mol. The lowest BCUT2D eigenvalue weighted by Gasteiger charge is -2.26. The highest BCUT2D eigenvalue weighted by atomic mass is 16.5. The van der Waals surface area contributed by atoms with Gasteiger partial charge in [-0.05, 0) is 25.0 Å². The Morgan fingerprint density at radius 3 is 2.89 bits per heavy atom. The third kappa shape index (κ3) is 1.72. The van der Waals surface area contributed by atoms with Crippen molar-refractivity contribution in [3.05, 3.63) is 29.8 Å². The second-order valence-electron chi connectivity index (χ2n) is 5.20. The first kappa shape index (κ1) is 11.7. The summed E-state index contributed by atoms with van der Waals surface area (Å²) in [5.41, 5.74) is 8.22. The van der Waals surface area contributed by atoms with Gasteiger partial charge in [-0.25, -0.2) is 0 Å². The normalized spacial score (nSPS) is 30.6. The van der Waals surface area contributed by atoms with Crippen LogP contribution in [0.5, 0.6) is 0 Å². The van der Waals surface area contributed by atoms with Crippen molar-refractivity contribution < 1.29 is 9.53 Å². The summed E-state index contributed by atoms with van der Waals surface area (Å²) in [6.45, 7) is 3.02. The Kier molecular flexibility index (Phi) is 2.84. The predicted octanol–water partition coefficient (Wildman–Crippen LogP) is 0.938. The zero-order valence-electron chi connectivity index (χ0n) is 10.5. The number of rotatable bonds is 1. The fraction of sp³-hybridized carbons (Fsp3) is 0.500. The van der Waals surface area contributed by atoms with Crippen LogP contribution in [-0.2, 0) is 16.0 Å². The van der Waals surface area contributed by atoms with Crippen LogP contribution in [0.1, 0.15) is 12.5 Å². The van der Waals surface area contributed by atoms with Crippen molar-refractivity contribution in [2.75, 3.05) is 18.1 Å². The van der Waals surface area contributed by atoms with E-state index in [0.717, 1.165) is 12.1 Å². The van der Waals surface area contributed by atoms with Gasteiger partial charge in [0.15, 0.2) is 0 Å². The first-order valence-corrected chi connectivity index (χ1v) is 6.43. The van der Waals surface area contributed by atoms with Gasteiger partial charge >= 0.3 is 0 Å².